The van der Waals surface area contributed by atoms with Gasteiger partial charge >= 0.3 is 15.2 Å². The van der Waals surface area contributed by atoms with E-state index in [1.165, 1.54) is 4.88 Å². The van der Waals surface area contributed by atoms with Crippen LogP contribution in [0.25, 0.3) is 9.75 Å². The van der Waals surface area contributed by atoms with Crippen molar-refractivity contribution in [2.24, 2.45) is 0 Å². The molecule has 0 fully saturated rings. The lowest BCUT2D eigenvalue weighted by atomic mass is 10.3. The van der Waals surface area contributed by atoms with Gasteiger partial charge in [-0.1, -0.05) is 0 Å². The molecule has 0 aliphatic heterocycles. The van der Waals surface area contributed by atoms with E-state index >= 15 is 0 Å². The van der Waals surface area contributed by atoms with Gasteiger partial charge in [0.1, 0.15) is 0 Å². The molecule has 0 saturated carbocycles. The van der Waals surface area contributed by atoms with Gasteiger partial charge in [0, 0.05) is 24.4 Å². The number of hydrogen-bond donors (Lipinski definition) is 0. The predicted molar refractivity (Wildman–Crippen MR) is 152 cm³/mol. The molecular formula is C24H36O6P2S3. The highest BCUT2D eigenvalue weighted by Crippen LogP contribution is 2.52. The molecule has 6 nitrogen and oxygen atoms in total. The number of aryl methyl sites for hydroxylation is 4. The SMILES string of the molecule is CCOP(=O)(OCC)c1cc(C)sc1-c1ccc(C)s1.CCOP(=O)(OCC)c1cc(C)sc1C. The zero-order valence-corrected chi connectivity index (χ0v) is 25.9. The van der Waals surface area contributed by atoms with Gasteiger partial charge in [-0.15, -0.1) is 34.0 Å². The molecule has 3 heterocycles. The van der Waals surface area contributed by atoms with Crippen molar-refractivity contribution in [1.29, 1.82) is 0 Å². The first-order chi connectivity index (χ1) is 16.5. The third kappa shape index (κ3) is 7.94. The average molecular weight is 579 g/mol. The highest BCUT2D eigenvalue weighted by Gasteiger charge is 2.32. The second kappa shape index (κ2) is 13.8. The highest BCUT2D eigenvalue weighted by atomic mass is 32.1. The van der Waals surface area contributed by atoms with Crippen LogP contribution in [0.3, 0.4) is 0 Å². The molecule has 0 amide bonds. The van der Waals surface area contributed by atoms with Crippen LogP contribution in [0.4, 0.5) is 0 Å². The Morgan fingerprint density at radius 3 is 1.49 bits per heavy atom. The maximum absolute atomic E-state index is 13.0. The second-order valence-corrected chi connectivity index (χ2v) is 15.4. The molecule has 35 heavy (non-hydrogen) atoms. The zero-order valence-electron chi connectivity index (χ0n) is 21.7. The smallest absolute Gasteiger partial charge is 0.305 e. The Bertz CT molecular complexity index is 1160. The van der Waals surface area contributed by atoms with E-state index in [1.807, 2.05) is 60.6 Å². The maximum atomic E-state index is 13.0. The van der Waals surface area contributed by atoms with E-state index in [0.29, 0.717) is 37.0 Å². The lowest BCUT2D eigenvalue weighted by molar-refractivity contribution is 0.229. The number of thiophene rings is 3. The van der Waals surface area contributed by atoms with Crippen LogP contribution >= 0.6 is 49.2 Å². The van der Waals surface area contributed by atoms with Crippen LogP contribution in [0.2, 0.25) is 0 Å². The van der Waals surface area contributed by atoms with E-state index in [4.69, 9.17) is 18.1 Å². The molecule has 0 N–H and O–H groups in total. The van der Waals surface area contributed by atoms with Crippen molar-refractivity contribution in [3.63, 3.8) is 0 Å². The third-order valence-electron chi connectivity index (χ3n) is 4.60. The van der Waals surface area contributed by atoms with Crippen molar-refractivity contribution in [1.82, 2.24) is 0 Å². The van der Waals surface area contributed by atoms with Crippen molar-refractivity contribution in [3.05, 3.63) is 43.8 Å². The fourth-order valence-electron chi connectivity index (χ4n) is 3.36. The van der Waals surface area contributed by atoms with Gasteiger partial charge in [-0.05, 0) is 79.7 Å². The van der Waals surface area contributed by atoms with Crippen LogP contribution in [0.5, 0.6) is 0 Å². The first kappa shape index (κ1) is 30.6. The molecule has 0 aliphatic rings. The molecule has 3 rings (SSSR count). The quantitative estimate of drug-likeness (QED) is 0.213. The van der Waals surface area contributed by atoms with E-state index in [0.717, 1.165) is 24.4 Å². The van der Waals surface area contributed by atoms with Gasteiger partial charge in [0.25, 0.3) is 0 Å². The molecule has 0 unspecified atom stereocenters. The summed E-state index contributed by atoms with van der Waals surface area (Å²) in [4.78, 5) is 6.61. The largest absolute Gasteiger partial charge is 0.362 e. The molecule has 0 atom stereocenters. The van der Waals surface area contributed by atoms with Crippen LogP contribution in [0.1, 0.15) is 47.2 Å². The van der Waals surface area contributed by atoms with Crippen molar-refractivity contribution in [2.45, 2.75) is 55.4 Å². The number of rotatable bonds is 11. The summed E-state index contributed by atoms with van der Waals surface area (Å²) < 4.78 is 47.0. The topological polar surface area (TPSA) is 71.1 Å². The van der Waals surface area contributed by atoms with Gasteiger partial charge < -0.3 is 18.1 Å². The molecule has 0 aromatic carbocycles. The first-order valence-electron chi connectivity index (χ1n) is 11.6. The van der Waals surface area contributed by atoms with Crippen LogP contribution in [0.15, 0.2) is 24.3 Å². The van der Waals surface area contributed by atoms with Crippen molar-refractivity contribution >= 4 is 59.8 Å². The lowest BCUT2D eigenvalue weighted by Gasteiger charge is -2.17. The summed E-state index contributed by atoms with van der Waals surface area (Å²) >= 11 is 4.95. The molecule has 3 aromatic rings. The Kier molecular flexibility index (Phi) is 12.1. The molecule has 0 bridgehead atoms. The fourth-order valence-corrected chi connectivity index (χ4v) is 10.8. The van der Waals surface area contributed by atoms with Gasteiger partial charge in [0.2, 0.25) is 0 Å². The fraction of sp³-hybridized carbons (Fsp3) is 0.500. The standard InChI is InChI=1S/C14H19O3PS2.C10H17O3PS/c1-5-16-18(15,17-6-2)12-9-11(4)20-14(12)13-8-7-10(3)19-13;1-5-12-14(11,13-6-2)10-7-8(3)15-9(10)4/h7-9H,5-6H2,1-4H3;7H,5-6H2,1-4H3. The zero-order chi connectivity index (χ0) is 26.2. The second-order valence-electron chi connectivity index (χ2n) is 7.45. The van der Waals surface area contributed by atoms with E-state index in [1.54, 1.807) is 34.0 Å². The lowest BCUT2D eigenvalue weighted by Crippen LogP contribution is -2.10. The molecule has 0 radical (unpaired) electrons. The Balaban J connectivity index is 0.000000258. The van der Waals surface area contributed by atoms with Crippen molar-refractivity contribution in [3.8, 4) is 9.75 Å². The van der Waals surface area contributed by atoms with E-state index in [9.17, 15) is 9.13 Å². The Morgan fingerprint density at radius 2 is 1.09 bits per heavy atom. The van der Waals surface area contributed by atoms with Crippen LogP contribution < -0.4 is 10.6 Å². The van der Waals surface area contributed by atoms with Gasteiger partial charge in [-0.3, -0.25) is 9.13 Å². The highest BCUT2D eigenvalue weighted by molar-refractivity contribution is 7.63. The molecule has 11 heteroatoms. The van der Waals surface area contributed by atoms with Gasteiger partial charge in [0.05, 0.1) is 41.9 Å². The summed E-state index contributed by atoms with van der Waals surface area (Å²) in [5.41, 5.74) is 0. The van der Waals surface area contributed by atoms with Gasteiger partial charge in [-0.2, -0.15) is 0 Å². The van der Waals surface area contributed by atoms with Gasteiger partial charge in [-0.25, -0.2) is 0 Å². The minimum atomic E-state index is -3.23. The van der Waals surface area contributed by atoms with E-state index < -0.39 is 15.2 Å². The molecule has 0 spiro atoms. The third-order valence-corrected chi connectivity index (χ3v) is 12.5. The van der Waals surface area contributed by atoms with E-state index in [-0.39, 0.29) is 0 Å². The maximum Gasteiger partial charge on any atom is 0.362 e. The van der Waals surface area contributed by atoms with Crippen LogP contribution in [-0.4, -0.2) is 26.4 Å². The summed E-state index contributed by atoms with van der Waals surface area (Å²) in [5.74, 6) is 0. The van der Waals surface area contributed by atoms with Crippen LogP contribution in [-0.2, 0) is 27.2 Å². The number of hydrogen-bond acceptors (Lipinski definition) is 9. The molecule has 0 saturated heterocycles. The molecule has 0 aliphatic carbocycles. The summed E-state index contributed by atoms with van der Waals surface area (Å²) in [6.07, 6.45) is 0. The normalized spacial score (nSPS) is 12.0. The summed E-state index contributed by atoms with van der Waals surface area (Å²) in [6, 6.07) is 7.97. The molecule has 196 valence electrons. The Labute approximate surface area is 221 Å². The van der Waals surface area contributed by atoms with Crippen molar-refractivity contribution < 1.29 is 27.2 Å². The summed E-state index contributed by atoms with van der Waals surface area (Å²) in [7, 11) is -6.31. The monoisotopic (exact) mass is 578 g/mol. The predicted octanol–water partition coefficient (Wildman–Crippen LogP) is 8.24. The average Bonchev–Trinajstić information content (AvgIpc) is 3.47. The first-order valence-corrected chi connectivity index (χ1v) is 17.1. The van der Waals surface area contributed by atoms with Crippen molar-refractivity contribution in [2.75, 3.05) is 26.4 Å². The Hall–Kier alpha value is -0.600. The minimum Gasteiger partial charge on any atom is -0.305 e. The summed E-state index contributed by atoms with van der Waals surface area (Å²) in [6.45, 7) is 16.8. The van der Waals surface area contributed by atoms with Crippen LogP contribution in [0, 0.1) is 27.7 Å². The Morgan fingerprint density at radius 1 is 0.629 bits per heavy atom. The van der Waals surface area contributed by atoms with E-state index in [2.05, 4.69) is 19.1 Å². The molecular weight excluding hydrogens is 542 g/mol. The minimum absolute atomic E-state index is 0.370. The van der Waals surface area contributed by atoms with Gasteiger partial charge in [0.15, 0.2) is 0 Å². The molecule has 3 aromatic heterocycles. The summed E-state index contributed by atoms with van der Waals surface area (Å²) in [5, 5.41) is 1.42.